The fourth-order valence-electron chi connectivity index (χ4n) is 2.90. The molecule has 0 bridgehead atoms. The predicted octanol–water partition coefficient (Wildman–Crippen LogP) is -0.0535. The molecule has 1 saturated heterocycles. The molecule has 0 radical (unpaired) electrons. The third kappa shape index (κ3) is 3.05. The van der Waals surface area contributed by atoms with Gasteiger partial charge in [0.1, 0.15) is 5.65 Å². The lowest BCUT2D eigenvalue weighted by molar-refractivity contribution is -0.187. The van der Waals surface area contributed by atoms with Crippen molar-refractivity contribution in [2.24, 2.45) is 11.8 Å². The summed E-state index contributed by atoms with van der Waals surface area (Å²) in [6, 6.07) is 1.08. The van der Waals surface area contributed by atoms with Gasteiger partial charge in [-0.05, 0) is 6.07 Å². The molecular formula is C14H11F3N4O5. The Morgan fingerprint density at radius 3 is 2.50 bits per heavy atom. The zero-order valence-electron chi connectivity index (χ0n) is 12.8. The molecule has 9 nitrogen and oxygen atoms in total. The maximum Gasteiger partial charge on any atom is 0.394 e. The molecule has 0 aliphatic carbocycles. The summed E-state index contributed by atoms with van der Waals surface area (Å²) < 4.78 is 39.0. The Bertz CT molecular complexity index is 1010. The number of nitrogens with zero attached hydrogens (tertiary/aromatic N) is 2. The lowest BCUT2D eigenvalue weighted by Gasteiger charge is -2.18. The largest absolute Gasteiger partial charge is 0.481 e. The highest BCUT2D eigenvalue weighted by Gasteiger charge is 2.53. The molecule has 138 valence electrons. The Hall–Kier alpha value is -3.18. The van der Waals surface area contributed by atoms with Gasteiger partial charge in [-0.2, -0.15) is 13.2 Å². The summed E-state index contributed by atoms with van der Waals surface area (Å²) in [6.45, 7) is -1.42. The number of aliphatic carboxylic acids is 1. The van der Waals surface area contributed by atoms with Gasteiger partial charge in [0.15, 0.2) is 0 Å². The van der Waals surface area contributed by atoms with Gasteiger partial charge in [-0.25, -0.2) is 9.78 Å². The van der Waals surface area contributed by atoms with E-state index in [1.54, 1.807) is 0 Å². The smallest absolute Gasteiger partial charge is 0.394 e. The number of amides is 1. The molecule has 0 spiro atoms. The van der Waals surface area contributed by atoms with Gasteiger partial charge in [-0.1, -0.05) is 0 Å². The molecule has 26 heavy (non-hydrogen) atoms. The SMILES string of the molecule is O=C(O)[C@@H]1CN(C(=O)c2cnc3[nH]c(=O)[nH]c(=O)c3c2)C[C@H]1C(F)(F)F. The van der Waals surface area contributed by atoms with Crippen molar-refractivity contribution in [1.82, 2.24) is 19.9 Å². The first kappa shape index (κ1) is 17.6. The molecular weight excluding hydrogens is 361 g/mol. The van der Waals surface area contributed by atoms with Crippen molar-refractivity contribution < 1.29 is 27.9 Å². The molecule has 3 heterocycles. The molecule has 3 N–H and O–H groups in total. The molecule has 3 rings (SSSR count). The summed E-state index contributed by atoms with van der Waals surface area (Å²) in [6.07, 6.45) is -3.77. The number of carboxylic acids is 1. The fourth-order valence-corrected chi connectivity index (χ4v) is 2.90. The molecule has 0 aromatic carbocycles. The highest BCUT2D eigenvalue weighted by molar-refractivity contribution is 5.97. The number of rotatable bonds is 2. The minimum absolute atomic E-state index is 0.0895. The van der Waals surface area contributed by atoms with Crippen LogP contribution in [0.4, 0.5) is 13.2 Å². The highest BCUT2D eigenvalue weighted by Crippen LogP contribution is 2.38. The number of carbonyl (C=O) groups excluding carboxylic acids is 1. The van der Waals surface area contributed by atoms with Crippen molar-refractivity contribution in [1.29, 1.82) is 0 Å². The van der Waals surface area contributed by atoms with Crippen LogP contribution in [0.3, 0.4) is 0 Å². The molecule has 2 atom stereocenters. The number of hydrogen-bond acceptors (Lipinski definition) is 5. The summed E-state index contributed by atoms with van der Waals surface area (Å²) in [4.78, 5) is 55.2. The quantitative estimate of drug-likeness (QED) is 0.676. The van der Waals surface area contributed by atoms with Gasteiger partial charge in [0.05, 0.1) is 22.8 Å². The van der Waals surface area contributed by atoms with Gasteiger partial charge >= 0.3 is 17.8 Å². The van der Waals surface area contributed by atoms with Gasteiger partial charge in [0, 0.05) is 19.3 Å². The number of likely N-dealkylation sites (tertiary alicyclic amines) is 1. The number of nitrogens with one attached hydrogen (secondary N) is 2. The predicted molar refractivity (Wildman–Crippen MR) is 79.6 cm³/mol. The van der Waals surface area contributed by atoms with Crippen molar-refractivity contribution >= 4 is 22.9 Å². The lowest BCUT2D eigenvalue weighted by atomic mass is 9.96. The zero-order chi connectivity index (χ0) is 19.2. The van der Waals surface area contributed by atoms with Crippen molar-refractivity contribution in [3.63, 3.8) is 0 Å². The number of aromatic amines is 2. The Balaban J connectivity index is 1.95. The summed E-state index contributed by atoms with van der Waals surface area (Å²) in [7, 11) is 0. The number of hydrogen-bond donors (Lipinski definition) is 3. The van der Waals surface area contributed by atoms with Crippen molar-refractivity contribution in [2.45, 2.75) is 6.18 Å². The minimum atomic E-state index is -4.77. The Morgan fingerprint density at radius 2 is 1.92 bits per heavy atom. The molecule has 1 fully saturated rings. The standard InChI is InChI=1S/C14H11F3N4O5/c15-14(16,17)8-4-21(3-7(8)12(24)25)11(23)5-1-6-9(18-2-5)19-13(26)20-10(6)22/h1-2,7-8H,3-4H2,(H,24,25)(H2,18,19,20,22,26)/t7-,8-/m1/s1. The molecule has 2 aromatic heterocycles. The van der Waals surface area contributed by atoms with Crippen LogP contribution < -0.4 is 11.2 Å². The van der Waals surface area contributed by atoms with Crippen LogP contribution in [0.1, 0.15) is 10.4 Å². The molecule has 12 heteroatoms. The first-order chi connectivity index (χ1) is 12.1. The number of H-pyrrole nitrogens is 2. The van der Waals surface area contributed by atoms with E-state index in [9.17, 15) is 32.3 Å². The molecule has 1 aliphatic heterocycles. The third-order valence-corrected chi connectivity index (χ3v) is 4.18. The van der Waals surface area contributed by atoms with Crippen LogP contribution in [-0.4, -0.2) is 56.1 Å². The maximum atomic E-state index is 13.0. The van der Waals surface area contributed by atoms with Crippen LogP contribution in [0.5, 0.6) is 0 Å². The van der Waals surface area contributed by atoms with E-state index in [1.807, 2.05) is 4.98 Å². The average Bonchev–Trinajstić information content (AvgIpc) is 2.99. The van der Waals surface area contributed by atoms with Crippen LogP contribution in [0.2, 0.25) is 0 Å². The van der Waals surface area contributed by atoms with E-state index in [0.29, 0.717) is 0 Å². The van der Waals surface area contributed by atoms with Crippen LogP contribution in [-0.2, 0) is 4.79 Å². The van der Waals surface area contributed by atoms with Crippen LogP contribution >= 0.6 is 0 Å². The second kappa shape index (κ2) is 5.97. The summed E-state index contributed by atoms with van der Waals surface area (Å²) in [5.41, 5.74) is -1.90. The second-order valence-electron chi connectivity index (χ2n) is 5.83. The Kier molecular flexibility index (Phi) is 4.05. The number of alkyl halides is 3. The maximum absolute atomic E-state index is 13.0. The minimum Gasteiger partial charge on any atom is -0.481 e. The fraction of sp³-hybridized carbons (Fsp3) is 0.357. The van der Waals surface area contributed by atoms with Crippen LogP contribution in [0.25, 0.3) is 11.0 Å². The van der Waals surface area contributed by atoms with Crippen LogP contribution in [0.15, 0.2) is 21.9 Å². The van der Waals surface area contributed by atoms with E-state index < -0.39 is 54.2 Å². The van der Waals surface area contributed by atoms with E-state index in [1.165, 1.54) is 0 Å². The zero-order valence-corrected chi connectivity index (χ0v) is 12.8. The van der Waals surface area contributed by atoms with E-state index >= 15 is 0 Å². The third-order valence-electron chi connectivity index (χ3n) is 4.18. The van der Waals surface area contributed by atoms with E-state index in [0.717, 1.165) is 17.2 Å². The molecule has 1 amide bonds. The molecule has 1 aliphatic rings. The number of fused-ring (bicyclic) bond motifs is 1. The average molecular weight is 372 g/mol. The normalized spacial score (nSPS) is 20.5. The highest BCUT2D eigenvalue weighted by atomic mass is 19.4. The Morgan fingerprint density at radius 1 is 1.23 bits per heavy atom. The first-order valence-corrected chi connectivity index (χ1v) is 7.29. The molecule has 2 aromatic rings. The summed E-state index contributed by atoms with van der Waals surface area (Å²) in [5, 5.41) is 8.86. The van der Waals surface area contributed by atoms with E-state index in [-0.39, 0.29) is 16.6 Å². The topological polar surface area (TPSA) is 136 Å². The van der Waals surface area contributed by atoms with Gasteiger partial charge in [0.2, 0.25) is 0 Å². The number of pyridine rings is 1. The van der Waals surface area contributed by atoms with E-state index in [4.69, 9.17) is 5.11 Å². The van der Waals surface area contributed by atoms with Crippen molar-refractivity contribution in [3.8, 4) is 0 Å². The summed E-state index contributed by atoms with van der Waals surface area (Å²) >= 11 is 0. The Labute approximate surface area is 141 Å². The lowest BCUT2D eigenvalue weighted by Crippen LogP contribution is -2.34. The van der Waals surface area contributed by atoms with Gasteiger partial charge in [-0.3, -0.25) is 24.4 Å². The van der Waals surface area contributed by atoms with Gasteiger partial charge in [0.25, 0.3) is 11.5 Å². The number of carbonyl (C=O) groups is 2. The molecule has 0 unspecified atom stereocenters. The van der Waals surface area contributed by atoms with Gasteiger partial charge in [-0.15, -0.1) is 0 Å². The van der Waals surface area contributed by atoms with Crippen LogP contribution in [0, 0.1) is 11.8 Å². The van der Waals surface area contributed by atoms with E-state index in [2.05, 4.69) is 9.97 Å². The molecule has 0 saturated carbocycles. The van der Waals surface area contributed by atoms with Crippen molar-refractivity contribution in [2.75, 3.05) is 13.1 Å². The second-order valence-corrected chi connectivity index (χ2v) is 5.83. The monoisotopic (exact) mass is 372 g/mol. The van der Waals surface area contributed by atoms with Gasteiger partial charge < -0.3 is 10.0 Å². The van der Waals surface area contributed by atoms with Crippen molar-refractivity contribution in [3.05, 3.63) is 38.7 Å². The first-order valence-electron chi connectivity index (χ1n) is 7.29. The number of aromatic nitrogens is 3. The summed E-state index contributed by atoms with van der Waals surface area (Å²) in [5.74, 6) is -6.49. The number of halogens is 3. The number of carboxylic acid groups (broad SMARTS) is 1.